The molecule has 62 valence electrons. The Hall–Kier alpha value is -0.830. The Morgan fingerprint density at radius 2 is 2.36 bits per heavy atom. The van der Waals surface area contributed by atoms with Crippen LogP contribution in [0.15, 0.2) is 12.7 Å². The van der Waals surface area contributed by atoms with E-state index in [-0.39, 0.29) is 5.91 Å². The van der Waals surface area contributed by atoms with Crippen molar-refractivity contribution in [1.82, 2.24) is 10.6 Å². The van der Waals surface area contributed by atoms with E-state index >= 15 is 0 Å². The Kier molecular flexibility index (Phi) is 3.11. The normalized spacial score (nSPS) is 16.0. The second kappa shape index (κ2) is 4.13. The maximum absolute atomic E-state index is 11.0. The third-order valence-electron chi connectivity index (χ3n) is 1.52. The molecule has 1 saturated carbocycles. The molecule has 1 fully saturated rings. The van der Waals surface area contributed by atoms with E-state index in [0.29, 0.717) is 19.1 Å². The molecule has 0 saturated heterocycles. The minimum Gasteiger partial charge on any atom is -0.352 e. The summed E-state index contributed by atoms with van der Waals surface area (Å²) in [4.78, 5) is 11.0. The molecule has 3 nitrogen and oxygen atoms in total. The Morgan fingerprint density at radius 1 is 1.64 bits per heavy atom. The van der Waals surface area contributed by atoms with Crippen LogP contribution in [0.2, 0.25) is 0 Å². The van der Waals surface area contributed by atoms with E-state index in [9.17, 15) is 4.79 Å². The zero-order valence-electron chi connectivity index (χ0n) is 6.60. The van der Waals surface area contributed by atoms with Gasteiger partial charge in [-0.05, 0) is 12.8 Å². The highest BCUT2D eigenvalue weighted by atomic mass is 16.2. The third-order valence-corrected chi connectivity index (χ3v) is 1.52. The topological polar surface area (TPSA) is 41.1 Å². The molecule has 1 rings (SSSR count). The van der Waals surface area contributed by atoms with Gasteiger partial charge in [0.25, 0.3) is 0 Å². The SMILES string of the molecule is C=CCNCC(=O)NC1CC1. The lowest BCUT2D eigenvalue weighted by atomic mass is 10.5. The molecule has 0 heterocycles. The van der Waals surface area contributed by atoms with Gasteiger partial charge in [0, 0.05) is 12.6 Å². The van der Waals surface area contributed by atoms with Gasteiger partial charge < -0.3 is 10.6 Å². The van der Waals surface area contributed by atoms with Gasteiger partial charge in [0.15, 0.2) is 0 Å². The predicted molar refractivity (Wildman–Crippen MR) is 44.2 cm³/mol. The Bertz CT molecular complexity index is 152. The number of carbonyl (C=O) groups is 1. The maximum Gasteiger partial charge on any atom is 0.234 e. The van der Waals surface area contributed by atoms with Crippen molar-refractivity contribution >= 4 is 5.91 Å². The highest BCUT2D eigenvalue weighted by Crippen LogP contribution is 2.17. The van der Waals surface area contributed by atoms with E-state index in [4.69, 9.17) is 0 Å². The summed E-state index contributed by atoms with van der Waals surface area (Å²) in [6.07, 6.45) is 4.03. The molecule has 3 heteroatoms. The Morgan fingerprint density at radius 3 is 2.91 bits per heavy atom. The molecule has 11 heavy (non-hydrogen) atoms. The maximum atomic E-state index is 11.0. The summed E-state index contributed by atoms with van der Waals surface area (Å²) in [6, 6.07) is 0.466. The average Bonchev–Trinajstić information content (AvgIpc) is 2.72. The van der Waals surface area contributed by atoms with Crippen LogP contribution in [0.4, 0.5) is 0 Å². The summed E-state index contributed by atoms with van der Waals surface area (Å²) in [5, 5.41) is 5.81. The smallest absolute Gasteiger partial charge is 0.234 e. The van der Waals surface area contributed by atoms with Crippen molar-refractivity contribution in [3.05, 3.63) is 12.7 Å². The molecule has 0 unspecified atom stereocenters. The van der Waals surface area contributed by atoms with Crippen LogP contribution in [0.1, 0.15) is 12.8 Å². The van der Waals surface area contributed by atoms with Crippen molar-refractivity contribution in [3.8, 4) is 0 Å². The summed E-state index contributed by atoms with van der Waals surface area (Å²) in [7, 11) is 0. The van der Waals surface area contributed by atoms with Crippen LogP contribution < -0.4 is 10.6 Å². The number of rotatable bonds is 5. The van der Waals surface area contributed by atoms with Crippen LogP contribution in [-0.4, -0.2) is 25.0 Å². The van der Waals surface area contributed by atoms with Gasteiger partial charge in [-0.3, -0.25) is 4.79 Å². The fraction of sp³-hybridized carbons (Fsp3) is 0.625. The first-order chi connectivity index (χ1) is 5.33. The molecule has 0 aromatic heterocycles. The second-order valence-corrected chi connectivity index (χ2v) is 2.76. The van der Waals surface area contributed by atoms with Crippen LogP contribution in [0, 0.1) is 0 Å². The Labute approximate surface area is 66.9 Å². The van der Waals surface area contributed by atoms with E-state index < -0.39 is 0 Å². The van der Waals surface area contributed by atoms with Crippen LogP contribution in [0.25, 0.3) is 0 Å². The molecule has 0 aromatic carbocycles. The van der Waals surface area contributed by atoms with E-state index in [2.05, 4.69) is 17.2 Å². The van der Waals surface area contributed by atoms with Gasteiger partial charge in [-0.2, -0.15) is 0 Å². The fourth-order valence-electron chi connectivity index (χ4n) is 0.794. The minimum atomic E-state index is 0.0920. The molecule has 0 aliphatic heterocycles. The molecule has 1 aliphatic carbocycles. The largest absolute Gasteiger partial charge is 0.352 e. The number of hydrogen-bond donors (Lipinski definition) is 2. The van der Waals surface area contributed by atoms with Crippen LogP contribution >= 0.6 is 0 Å². The predicted octanol–water partition coefficient (Wildman–Crippen LogP) is 0.0406. The van der Waals surface area contributed by atoms with Gasteiger partial charge in [0.05, 0.1) is 6.54 Å². The summed E-state index contributed by atoms with van der Waals surface area (Å²) >= 11 is 0. The van der Waals surface area contributed by atoms with Gasteiger partial charge in [-0.1, -0.05) is 6.08 Å². The molecule has 0 aromatic rings. The van der Waals surface area contributed by atoms with Crippen molar-refractivity contribution in [2.45, 2.75) is 18.9 Å². The molecular formula is C8H14N2O. The van der Waals surface area contributed by atoms with E-state index in [1.54, 1.807) is 6.08 Å². The van der Waals surface area contributed by atoms with Crippen molar-refractivity contribution < 1.29 is 4.79 Å². The van der Waals surface area contributed by atoms with E-state index in [1.165, 1.54) is 0 Å². The molecule has 2 N–H and O–H groups in total. The van der Waals surface area contributed by atoms with Gasteiger partial charge in [0.2, 0.25) is 5.91 Å². The quantitative estimate of drug-likeness (QED) is 0.433. The van der Waals surface area contributed by atoms with Crippen molar-refractivity contribution in [1.29, 1.82) is 0 Å². The van der Waals surface area contributed by atoms with Crippen LogP contribution in [0.5, 0.6) is 0 Å². The van der Waals surface area contributed by atoms with Gasteiger partial charge >= 0.3 is 0 Å². The van der Waals surface area contributed by atoms with E-state index in [1.807, 2.05) is 0 Å². The third kappa shape index (κ3) is 3.78. The number of amides is 1. The minimum absolute atomic E-state index is 0.0920. The Balaban J connectivity index is 1.95. The summed E-state index contributed by atoms with van der Waals surface area (Å²) in [5.41, 5.74) is 0. The average molecular weight is 154 g/mol. The molecule has 1 amide bonds. The highest BCUT2D eigenvalue weighted by Gasteiger charge is 2.22. The summed E-state index contributed by atoms with van der Waals surface area (Å²) < 4.78 is 0. The van der Waals surface area contributed by atoms with Gasteiger partial charge in [0.1, 0.15) is 0 Å². The molecule has 0 bridgehead atoms. The first kappa shape index (κ1) is 8.27. The molecule has 0 radical (unpaired) electrons. The summed E-state index contributed by atoms with van der Waals surface area (Å²) in [5.74, 6) is 0.0920. The zero-order chi connectivity index (χ0) is 8.10. The molecule has 0 spiro atoms. The molecule has 0 atom stereocenters. The van der Waals surface area contributed by atoms with E-state index in [0.717, 1.165) is 12.8 Å². The second-order valence-electron chi connectivity index (χ2n) is 2.76. The van der Waals surface area contributed by atoms with Crippen molar-refractivity contribution in [3.63, 3.8) is 0 Å². The zero-order valence-corrected chi connectivity index (χ0v) is 6.60. The lowest BCUT2D eigenvalue weighted by Crippen LogP contribution is -2.35. The summed E-state index contributed by atoms with van der Waals surface area (Å²) in [6.45, 7) is 4.63. The van der Waals surface area contributed by atoms with Crippen molar-refractivity contribution in [2.75, 3.05) is 13.1 Å². The van der Waals surface area contributed by atoms with Gasteiger partial charge in [-0.15, -0.1) is 6.58 Å². The first-order valence-electron chi connectivity index (χ1n) is 3.94. The van der Waals surface area contributed by atoms with Gasteiger partial charge in [-0.25, -0.2) is 0 Å². The van der Waals surface area contributed by atoms with Crippen LogP contribution in [0.3, 0.4) is 0 Å². The molecular weight excluding hydrogens is 140 g/mol. The number of hydrogen-bond acceptors (Lipinski definition) is 2. The van der Waals surface area contributed by atoms with Crippen molar-refractivity contribution in [2.24, 2.45) is 0 Å². The molecule has 1 aliphatic rings. The van der Waals surface area contributed by atoms with Crippen LogP contribution in [-0.2, 0) is 4.79 Å². The first-order valence-corrected chi connectivity index (χ1v) is 3.94. The standard InChI is InChI=1S/C8H14N2O/c1-2-5-9-6-8(11)10-7-3-4-7/h2,7,9H,1,3-6H2,(H,10,11). The lowest BCUT2D eigenvalue weighted by molar-refractivity contribution is -0.120. The lowest BCUT2D eigenvalue weighted by Gasteiger charge is -2.02. The number of nitrogens with one attached hydrogen (secondary N) is 2. The highest BCUT2D eigenvalue weighted by molar-refractivity contribution is 5.78. The monoisotopic (exact) mass is 154 g/mol. The fourth-order valence-corrected chi connectivity index (χ4v) is 0.794. The number of carbonyl (C=O) groups excluding carboxylic acids is 1.